The molecular formula is C16H25N5O5. The number of carbonyl (C=O) groups excluding carboxylic acids is 1. The lowest BCUT2D eigenvalue weighted by molar-refractivity contribution is -0.148. The molecule has 1 amide bonds. The number of nitrogens with one attached hydrogen (secondary N) is 2. The van der Waals surface area contributed by atoms with E-state index in [0.29, 0.717) is 31.8 Å². The minimum absolute atomic E-state index is 0.0545. The molecule has 2 aromatic rings. The van der Waals surface area contributed by atoms with E-state index in [1.54, 1.807) is 4.57 Å². The van der Waals surface area contributed by atoms with Crippen LogP contribution >= 0.6 is 0 Å². The lowest BCUT2D eigenvalue weighted by atomic mass is 10.1. The molecule has 0 saturated carbocycles. The smallest absolute Gasteiger partial charge is 0.280 e. The summed E-state index contributed by atoms with van der Waals surface area (Å²) in [5.74, 6) is -0.470. The molecule has 144 valence electrons. The summed E-state index contributed by atoms with van der Waals surface area (Å²) in [6.45, 7) is 6.39. The molecule has 0 saturated heterocycles. The van der Waals surface area contributed by atoms with E-state index in [-0.39, 0.29) is 29.9 Å². The molecule has 2 rings (SSSR count). The van der Waals surface area contributed by atoms with E-state index in [1.165, 1.54) is 13.3 Å². The van der Waals surface area contributed by atoms with Gasteiger partial charge in [0, 0.05) is 45.6 Å². The first-order chi connectivity index (χ1) is 12.5. The number of hydrogen-bond donors (Lipinski definition) is 3. The average molecular weight is 367 g/mol. The molecule has 0 aromatic carbocycles. The number of amides is 1. The molecule has 0 spiro atoms. The molecule has 2 heterocycles. The monoisotopic (exact) mass is 367 g/mol. The summed E-state index contributed by atoms with van der Waals surface area (Å²) in [5.41, 5.74) is 0.0573. The van der Waals surface area contributed by atoms with Gasteiger partial charge < -0.3 is 19.1 Å². The van der Waals surface area contributed by atoms with Crippen LogP contribution in [0.5, 0.6) is 0 Å². The molecule has 3 N–H and O–H groups in total. The third-order valence-electron chi connectivity index (χ3n) is 3.71. The number of carbonyl (C=O) groups is 1. The number of fused-ring (bicyclic) bond motifs is 1. The molecule has 0 aliphatic rings. The van der Waals surface area contributed by atoms with Crippen LogP contribution in [0.25, 0.3) is 11.2 Å². The van der Waals surface area contributed by atoms with Crippen LogP contribution in [0.3, 0.4) is 0 Å². The van der Waals surface area contributed by atoms with Gasteiger partial charge in [0.05, 0.1) is 6.33 Å². The highest BCUT2D eigenvalue weighted by Crippen LogP contribution is 2.16. The third kappa shape index (κ3) is 5.10. The topological polar surface area (TPSA) is 131 Å². The number of aromatic amines is 1. The normalized spacial score (nSPS) is 12.7. The molecule has 0 aliphatic heterocycles. The van der Waals surface area contributed by atoms with Crippen LogP contribution in [0.1, 0.15) is 27.2 Å². The Morgan fingerprint density at radius 3 is 2.65 bits per heavy atom. The van der Waals surface area contributed by atoms with E-state index < -0.39 is 11.8 Å². The predicted octanol–water partition coefficient (Wildman–Crippen LogP) is 0.476. The standard InChI is InChI=1S/C16H25N5O5/c1-4-25-12(26-5-2)6-11(8-22)7-21-9-17-13-14(21)19-16(18-10(3)23)20-15(13)24/h9,11-12,22H,4-8H2,1-3H3,(H2,18,19,20,23,24)/t11-/m1/s1. The van der Waals surface area contributed by atoms with Crippen molar-refractivity contribution in [1.29, 1.82) is 0 Å². The molecule has 2 aromatic heterocycles. The lowest BCUT2D eigenvalue weighted by Gasteiger charge is -2.22. The van der Waals surface area contributed by atoms with Gasteiger partial charge in [-0.15, -0.1) is 0 Å². The zero-order chi connectivity index (χ0) is 19.1. The number of hydrogen-bond acceptors (Lipinski definition) is 7. The van der Waals surface area contributed by atoms with Crippen LogP contribution in [0.4, 0.5) is 5.95 Å². The summed E-state index contributed by atoms with van der Waals surface area (Å²) in [4.78, 5) is 34.1. The third-order valence-corrected chi connectivity index (χ3v) is 3.71. The first-order valence-electron chi connectivity index (χ1n) is 8.55. The molecule has 1 atom stereocenters. The molecule has 0 fully saturated rings. The number of rotatable bonds is 10. The lowest BCUT2D eigenvalue weighted by Crippen LogP contribution is -2.26. The van der Waals surface area contributed by atoms with Gasteiger partial charge >= 0.3 is 0 Å². The van der Waals surface area contributed by atoms with Crippen LogP contribution in [0, 0.1) is 5.92 Å². The minimum Gasteiger partial charge on any atom is -0.396 e. The van der Waals surface area contributed by atoms with Crippen LogP contribution in [0.2, 0.25) is 0 Å². The number of aromatic nitrogens is 4. The fourth-order valence-electron chi connectivity index (χ4n) is 2.63. The minimum atomic E-state index is -0.445. The van der Waals surface area contributed by atoms with E-state index in [4.69, 9.17) is 9.47 Å². The summed E-state index contributed by atoms with van der Waals surface area (Å²) in [6, 6.07) is 0. The van der Waals surface area contributed by atoms with Gasteiger partial charge in [-0.05, 0) is 13.8 Å². The van der Waals surface area contributed by atoms with Gasteiger partial charge in [-0.2, -0.15) is 4.98 Å². The van der Waals surface area contributed by atoms with Gasteiger partial charge in [0.1, 0.15) is 0 Å². The summed E-state index contributed by atoms with van der Waals surface area (Å²) in [7, 11) is 0. The number of anilines is 1. The van der Waals surface area contributed by atoms with E-state index >= 15 is 0 Å². The van der Waals surface area contributed by atoms with Crippen LogP contribution < -0.4 is 10.9 Å². The summed E-state index contributed by atoms with van der Waals surface area (Å²) >= 11 is 0. The Hall–Kier alpha value is -2.30. The Kier molecular flexibility index (Phi) is 7.25. The number of ether oxygens (including phenoxy) is 2. The fourth-order valence-corrected chi connectivity index (χ4v) is 2.63. The first kappa shape index (κ1) is 20.0. The second-order valence-electron chi connectivity index (χ2n) is 5.79. The van der Waals surface area contributed by atoms with Gasteiger partial charge in [0.15, 0.2) is 17.5 Å². The highest BCUT2D eigenvalue weighted by Gasteiger charge is 2.19. The van der Waals surface area contributed by atoms with Crippen molar-refractivity contribution in [1.82, 2.24) is 19.5 Å². The number of nitrogens with zero attached hydrogens (tertiary/aromatic N) is 3. The van der Waals surface area contributed by atoms with E-state index in [1.807, 2.05) is 13.8 Å². The fraction of sp³-hybridized carbons (Fsp3) is 0.625. The van der Waals surface area contributed by atoms with E-state index in [2.05, 4.69) is 20.3 Å². The van der Waals surface area contributed by atoms with Crippen LogP contribution in [-0.4, -0.2) is 56.6 Å². The molecule has 10 nitrogen and oxygen atoms in total. The van der Waals surface area contributed by atoms with Gasteiger partial charge in [0.25, 0.3) is 5.56 Å². The Morgan fingerprint density at radius 1 is 1.38 bits per heavy atom. The Labute approximate surface area is 150 Å². The highest BCUT2D eigenvalue weighted by molar-refractivity contribution is 5.87. The van der Waals surface area contributed by atoms with Crippen molar-refractivity contribution in [3.63, 3.8) is 0 Å². The van der Waals surface area contributed by atoms with Gasteiger partial charge in [-0.25, -0.2) is 4.98 Å². The maximum Gasteiger partial charge on any atom is 0.280 e. The number of aliphatic hydroxyl groups excluding tert-OH is 1. The molecule has 0 aliphatic carbocycles. The van der Waals surface area contributed by atoms with Crippen molar-refractivity contribution in [2.75, 3.05) is 25.1 Å². The van der Waals surface area contributed by atoms with Gasteiger partial charge in [0.2, 0.25) is 11.9 Å². The highest BCUT2D eigenvalue weighted by atomic mass is 16.7. The Morgan fingerprint density at radius 2 is 2.08 bits per heavy atom. The molecular weight excluding hydrogens is 342 g/mol. The Bertz CT molecular complexity index is 781. The second-order valence-corrected chi connectivity index (χ2v) is 5.79. The summed E-state index contributed by atoms with van der Waals surface area (Å²) < 4.78 is 12.7. The second kappa shape index (κ2) is 9.41. The van der Waals surface area contributed by atoms with Crippen molar-refractivity contribution >= 4 is 23.0 Å². The van der Waals surface area contributed by atoms with Crippen molar-refractivity contribution in [3.8, 4) is 0 Å². The number of H-pyrrole nitrogens is 1. The van der Waals surface area contributed by atoms with E-state index in [0.717, 1.165) is 0 Å². The van der Waals surface area contributed by atoms with Crippen LogP contribution in [-0.2, 0) is 20.8 Å². The molecule has 0 bridgehead atoms. The van der Waals surface area contributed by atoms with Crippen molar-refractivity contribution in [2.24, 2.45) is 5.92 Å². The summed E-state index contributed by atoms with van der Waals surface area (Å²) in [5, 5.41) is 12.2. The molecule has 0 unspecified atom stereocenters. The molecule has 0 radical (unpaired) electrons. The maximum absolute atomic E-state index is 12.1. The number of imidazole rings is 1. The zero-order valence-electron chi connectivity index (χ0n) is 15.2. The average Bonchev–Trinajstić information content (AvgIpc) is 2.97. The Balaban J connectivity index is 2.23. The van der Waals surface area contributed by atoms with Gasteiger partial charge in [-0.1, -0.05) is 0 Å². The van der Waals surface area contributed by atoms with Gasteiger partial charge in [-0.3, -0.25) is 19.9 Å². The molecule has 10 heteroatoms. The van der Waals surface area contributed by atoms with Crippen molar-refractivity contribution < 1.29 is 19.4 Å². The van der Waals surface area contributed by atoms with E-state index in [9.17, 15) is 14.7 Å². The number of aliphatic hydroxyl groups is 1. The van der Waals surface area contributed by atoms with Crippen molar-refractivity contribution in [2.45, 2.75) is 40.0 Å². The quantitative estimate of drug-likeness (QED) is 0.520. The largest absolute Gasteiger partial charge is 0.396 e. The zero-order valence-corrected chi connectivity index (χ0v) is 15.2. The molecule has 26 heavy (non-hydrogen) atoms. The first-order valence-corrected chi connectivity index (χ1v) is 8.55. The summed E-state index contributed by atoms with van der Waals surface area (Å²) in [6.07, 6.45) is 1.56. The SMILES string of the molecule is CCOC(C[C@@H](CO)Cn1cnc2c(=O)[nH]c(NC(C)=O)nc21)OCC. The predicted molar refractivity (Wildman–Crippen MR) is 94.7 cm³/mol. The van der Waals surface area contributed by atoms with Crippen molar-refractivity contribution in [3.05, 3.63) is 16.7 Å². The maximum atomic E-state index is 12.1. The van der Waals surface area contributed by atoms with Crippen LogP contribution in [0.15, 0.2) is 11.1 Å².